The minimum Gasteiger partial charge on any atom is -0.497 e. The molecule has 4 aromatic rings. The van der Waals surface area contributed by atoms with E-state index in [2.05, 4.69) is 48.4 Å². The van der Waals surface area contributed by atoms with Gasteiger partial charge >= 0.3 is 0 Å². The predicted molar refractivity (Wildman–Crippen MR) is 94.1 cm³/mol. The monoisotopic (exact) mass is 302 g/mol. The molecule has 0 bridgehead atoms. The van der Waals surface area contributed by atoms with Gasteiger partial charge in [0.25, 0.3) is 0 Å². The maximum atomic E-state index is 5.32. The molecule has 4 rings (SSSR count). The fraction of sp³-hybridized carbons (Fsp3) is 0.150. The van der Waals surface area contributed by atoms with E-state index >= 15 is 0 Å². The summed E-state index contributed by atoms with van der Waals surface area (Å²) in [4.78, 5) is 8.09. The van der Waals surface area contributed by atoms with Gasteiger partial charge < -0.3 is 9.72 Å². The molecule has 0 unspecified atom stereocenters. The average molecular weight is 302 g/mol. The van der Waals surface area contributed by atoms with Crippen LogP contribution in [0.2, 0.25) is 0 Å². The van der Waals surface area contributed by atoms with Crippen LogP contribution in [0, 0.1) is 6.92 Å². The molecule has 0 spiro atoms. The van der Waals surface area contributed by atoms with E-state index in [-0.39, 0.29) is 0 Å². The van der Waals surface area contributed by atoms with Crippen LogP contribution in [-0.4, -0.2) is 17.1 Å². The molecular formula is C20H18N2O. The Hall–Kier alpha value is -2.81. The number of methoxy groups -OCH3 is 1. The molecule has 0 saturated heterocycles. The lowest BCUT2D eigenvalue weighted by molar-refractivity contribution is 0.415. The third kappa shape index (κ3) is 2.44. The van der Waals surface area contributed by atoms with E-state index in [1.54, 1.807) is 7.11 Å². The molecular weight excluding hydrogens is 284 g/mol. The van der Waals surface area contributed by atoms with Gasteiger partial charge in [0, 0.05) is 34.6 Å². The fourth-order valence-corrected chi connectivity index (χ4v) is 3.08. The third-order valence-corrected chi connectivity index (χ3v) is 4.37. The largest absolute Gasteiger partial charge is 0.497 e. The van der Waals surface area contributed by atoms with Gasteiger partial charge in [-0.2, -0.15) is 0 Å². The molecule has 23 heavy (non-hydrogen) atoms. The summed E-state index contributed by atoms with van der Waals surface area (Å²) in [7, 11) is 1.69. The number of ether oxygens (including phenoxy) is 1. The van der Waals surface area contributed by atoms with Gasteiger partial charge in [-0.3, -0.25) is 4.98 Å². The van der Waals surface area contributed by atoms with Crippen LogP contribution in [0.4, 0.5) is 0 Å². The Balaban J connectivity index is 1.80. The Morgan fingerprint density at radius 2 is 1.91 bits per heavy atom. The highest BCUT2D eigenvalue weighted by Crippen LogP contribution is 2.25. The number of para-hydroxylation sites is 1. The van der Waals surface area contributed by atoms with Crippen LogP contribution >= 0.6 is 0 Å². The van der Waals surface area contributed by atoms with E-state index in [0.29, 0.717) is 0 Å². The number of aromatic nitrogens is 2. The molecule has 2 heterocycles. The van der Waals surface area contributed by atoms with Crippen LogP contribution in [0.15, 0.2) is 54.7 Å². The standard InChI is InChI=1S/C20H18N2O/c1-13-14(9-15-11-17(23-2)7-8-19(15)22-13)10-16-12-21-20-6-4-3-5-18(16)20/h3-9,11-12,21H,10H2,1-2H3. The normalized spacial score (nSPS) is 11.2. The average Bonchev–Trinajstić information content (AvgIpc) is 2.98. The Labute approximate surface area is 134 Å². The molecule has 0 aliphatic heterocycles. The molecule has 0 amide bonds. The van der Waals surface area contributed by atoms with Gasteiger partial charge in [-0.1, -0.05) is 18.2 Å². The fourth-order valence-electron chi connectivity index (χ4n) is 3.08. The zero-order chi connectivity index (χ0) is 15.8. The number of aromatic amines is 1. The summed E-state index contributed by atoms with van der Waals surface area (Å²) < 4.78 is 5.32. The SMILES string of the molecule is COc1ccc2nc(C)c(Cc3c[nH]c4ccccc34)cc2c1. The van der Waals surface area contributed by atoms with Crippen molar-refractivity contribution in [3.63, 3.8) is 0 Å². The zero-order valence-corrected chi connectivity index (χ0v) is 13.3. The molecule has 3 nitrogen and oxygen atoms in total. The Morgan fingerprint density at radius 3 is 2.78 bits per heavy atom. The van der Waals surface area contributed by atoms with Crippen molar-refractivity contribution < 1.29 is 4.74 Å². The van der Waals surface area contributed by atoms with E-state index in [0.717, 1.165) is 28.8 Å². The lowest BCUT2D eigenvalue weighted by Gasteiger charge is -2.08. The topological polar surface area (TPSA) is 37.9 Å². The second-order valence-electron chi connectivity index (χ2n) is 5.83. The number of rotatable bonds is 3. The second kappa shape index (κ2) is 5.43. The molecule has 1 N–H and O–H groups in total. The number of nitrogens with one attached hydrogen (secondary N) is 1. The van der Waals surface area contributed by atoms with Crippen molar-refractivity contribution in [3.05, 3.63) is 71.5 Å². The van der Waals surface area contributed by atoms with Gasteiger partial charge in [0.2, 0.25) is 0 Å². The van der Waals surface area contributed by atoms with Crippen molar-refractivity contribution in [2.24, 2.45) is 0 Å². The summed E-state index contributed by atoms with van der Waals surface area (Å²) in [5.74, 6) is 0.862. The van der Waals surface area contributed by atoms with Gasteiger partial charge in [0.05, 0.1) is 12.6 Å². The van der Waals surface area contributed by atoms with Gasteiger partial charge in [0.1, 0.15) is 5.75 Å². The Bertz CT molecular complexity index is 1000. The van der Waals surface area contributed by atoms with Gasteiger partial charge in [-0.25, -0.2) is 0 Å². The first kappa shape index (κ1) is 13.8. The first-order valence-electron chi connectivity index (χ1n) is 7.74. The smallest absolute Gasteiger partial charge is 0.119 e. The van der Waals surface area contributed by atoms with Crippen molar-refractivity contribution in [2.45, 2.75) is 13.3 Å². The number of benzene rings is 2. The van der Waals surface area contributed by atoms with Gasteiger partial charge in [0.15, 0.2) is 0 Å². The summed E-state index contributed by atoms with van der Waals surface area (Å²) in [6.07, 6.45) is 2.97. The van der Waals surface area contributed by atoms with Crippen LogP contribution in [0.5, 0.6) is 5.75 Å². The summed E-state index contributed by atoms with van der Waals surface area (Å²) in [5, 5.41) is 2.39. The molecule has 0 atom stereocenters. The maximum Gasteiger partial charge on any atom is 0.119 e. The number of nitrogens with zero attached hydrogens (tertiary/aromatic N) is 1. The number of hydrogen-bond acceptors (Lipinski definition) is 2. The lowest BCUT2D eigenvalue weighted by Crippen LogP contribution is -1.95. The number of hydrogen-bond donors (Lipinski definition) is 1. The van der Waals surface area contributed by atoms with Crippen molar-refractivity contribution in [1.29, 1.82) is 0 Å². The van der Waals surface area contributed by atoms with Crippen molar-refractivity contribution in [1.82, 2.24) is 9.97 Å². The van der Waals surface area contributed by atoms with Crippen LogP contribution in [-0.2, 0) is 6.42 Å². The number of pyridine rings is 1. The van der Waals surface area contributed by atoms with Crippen LogP contribution in [0.25, 0.3) is 21.8 Å². The Morgan fingerprint density at radius 1 is 1.04 bits per heavy atom. The van der Waals surface area contributed by atoms with Crippen LogP contribution in [0.1, 0.15) is 16.8 Å². The lowest BCUT2D eigenvalue weighted by atomic mass is 10.0. The van der Waals surface area contributed by atoms with Gasteiger partial charge in [-0.05, 0) is 48.4 Å². The molecule has 0 aliphatic rings. The molecule has 3 heteroatoms. The minimum atomic E-state index is 0.862. The van der Waals surface area contributed by atoms with E-state index < -0.39 is 0 Å². The first-order valence-corrected chi connectivity index (χ1v) is 7.74. The summed E-state index contributed by atoms with van der Waals surface area (Å²) >= 11 is 0. The van der Waals surface area contributed by atoms with Crippen molar-refractivity contribution in [2.75, 3.05) is 7.11 Å². The predicted octanol–water partition coefficient (Wildman–Crippen LogP) is 4.62. The maximum absolute atomic E-state index is 5.32. The molecule has 0 aliphatic carbocycles. The van der Waals surface area contributed by atoms with E-state index in [9.17, 15) is 0 Å². The van der Waals surface area contributed by atoms with Crippen LogP contribution in [0.3, 0.4) is 0 Å². The van der Waals surface area contributed by atoms with Crippen molar-refractivity contribution in [3.8, 4) is 5.75 Å². The summed E-state index contributed by atoms with van der Waals surface area (Å²) in [6, 6.07) is 16.6. The quantitative estimate of drug-likeness (QED) is 0.599. The molecule has 2 aromatic carbocycles. The molecule has 2 aromatic heterocycles. The number of aryl methyl sites for hydroxylation is 1. The highest BCUT2D eigenvalue weighted by Gasteiger charge is 2.09. The van der Waals surface area contributed by atoms with Gasteiger partial charge in [-0.15, -0.1) is 0 Å². The molecule has 114 valence electrons. The van der Waals surface area contributed by atoms with Crippen molar-refractivity contribution >= 4 is 21.8 Å². The van der Waals surface area contributed by atoms with E-state index in [4.69, 9.17) is 9.72 Å². The Kier molecular flexibility index (Phi) is 3.27. The summed E-state index contributed by atoms with van der Waals surface area (Å²) in [6.45, 7) is 2.08. The van der Waals surface area contributed by atoms with E-state index in [1.165, 1.54) is 22.0 Å². The van der Waals surface area contributed by atoms with E-state index in [1.807, 2.05) is 18.2 Å². The minimum absolute atomic E-state index is 0.862. The summed E-state index contributed by atoms with van der Waals surface area (Å²) in [5.41, 5.74) is 5.80. The highest BCUT2D eigenvalue weighted by atomic mass is 16.5. The number of fused-ring (bicyclic) bond motifs is 2. The number of H-pyrrole nitrogens is 1. The molecule has 0 saturated carbocycles. The van der Waals surface area contributed by atoms with Crippen LogP contribution < -0.4 is 4.74 Å². The third-order valence-electron chi connectivity index (χ3n) is 4.37. The first-order chi connectivity index (χ1) is 11.2. The second-order valence-corrected chi connectivity index (χ2v) is 5.83. The molecule has 0 radical (unpaired) electrons. The highest BCUT2D eigenvalue weighted by molar-refractivity contribution is 5.84. The zero-order valence-electron chi connectivity index (χ0n) is 13.3. The molecule has 0 fully saturated rings.